The van der Waals surface area contributed by atoms with E-state index in [9.17, 15) is 4.39 Å². The summed E-state index contributed by atoms with van der Waals surface area (Å²) in [5.74, 6) is 5.66. The largest absolute Gasteiger partial charge is 0.380 e. The summed E-state index contributed by atoms with van der Waals surface area (Å²) in [5, 5.41) is 0. The second kappa shape index (κ2) is 7.19. The van der Waals surface area contributed by atoms with Crippen molar-refractivity contribution in [2.75, 3.05) is 7.11 Å². The fourth-order valence-electron chi connectivity index (χ4n) is 2.11. The van der Waals surface area contributed by atoms with Gasteiger partial charge in [0.25, 0.3) is 0 Å². The average molecular weight is 319 g/mol. The Morgan fingerprint density at radius 2 is 2.11 bits per heavy atom. The number of rotatable bonds is 6. The fraction of sp³-hybridized carbons (Fsp3) is 0.538. The van der Waals surface area contributed by atoms with E-state index in [0.29, 0.717) is 12.3 Å². The molecule has 3 nitrogen and oxygen atoms in total. The zero-order valence-electron chi connectivity index (χ0n) is 10.9. The van der Waals surface area contributed by atoms with E-state index >= 15 is 0 Å². The molecule has 0 fully saturated rings. The van der Waals surface area contributed by atoms with Crippen LogP contribution in [0.3, 0.4) is 0 Å². The molecule has 2 atom stereocenters. The van der Waals surface area contributed by atoms with E-state index in [-0.39, 0.29) is 18.0 Å². The molecule has 0 bridgehead atoms. The first kappa shape index (κ1) is 15.6. The Morgan fingerprint density at radius 3 is 2.61 bits per heavy atom. The number of hydrazine groups is 1. The van der Waals surface area contributed by atoms with Crippen LogP contribution < -0.4 is 11.3 Å². The van der Waals surface area contributed by atoms with Gasteiger partial charge in [0.15, 0.2) is 0 Å². The third-order valence-corrected chi connectivity index (χ3v) is 3.76. The SMILES string of the molecule is COC(C(C)C)C(Cc1cc(F)ccc1Br)NN. The van der Waals surface area contributed by atoms with Crippen LogP contribution in [0.4, 0.5) is 4.39 Å². The summed E-state index contributed by atoms with van der Waals surface area (Å²) < 4.78 is 19.6. The van der Waals surface area contributed by atoms with E-state index in [1.54, 1.807) is 13.2 Å². The summed E-state index contributed by atoms with van der Waals surface area (Å²) in [6.45, 7) is 4.14. The van der Waals surface area contributed by atoms with Gasteiger partial charge in [0.2, 0.25) is 0 Å². The second-order valence-electron chi connectivity index (χ2n) is 4.66. The van der Waals surface area contributed by atoms with Crippen molar-refractivity contribution in [2.24, 2.45) is 11.8 Å². The molecule has 0 radical (unpaired) electrons. The molecule has 0 saturated heterocycles. The Balaban J connectivity index is 2.88. The maximum Gasteiger partial charge on any atom is 0.123 e. The predicted molar refractivity (Wildman–Crippen MR) is 74.6 cm³/mol. The number of methoxy groups -OCH3 is 1. The number of halogens is 2. The summed E-state index contributed by atoms with van der Waals surface area (Å²) in [6, 6.07) is 4.58. The van der Waals surface area contributed by atoms with Crippen molar-refractivity contribution in [3.8, 4) is 0 Å². The summed E-state index contributed by atoms with van der Waals surface area (Å²) in [7, 11) is 1.66. The van der Waals surface area contributed by atoms with Crippen LogP contribution in [0.25, 0.3) is 0 Å². The molecular weight excluding hydrogens is 299 g/mol. The van der Waals surface area contributed by atoms with Gasteiger partial charge in [-0.2, -0.15) is 0 Å². The lowest BCUT2D eigenvalue weighted by molar-refractivity contribution is 0.0331. The lowest BCUT2D eigenvalue weighted by Crippen LogP contribution is -2.48. The first-order valence-electron chi connectivity index (χ1n) is 5.92. The Kier molecular flexibility index (Phi) is 6.21. The number of nitrogens with one attached hydrogen (secondary N) is 1. The van der Waals surface area contributed by atoms with Crippen molar-refractivity contribution in [1.29, 1.82) is 0 Å². The van der Waals surface area contributed by atoms with E-state index in [2.05, 4.69) is 35.2 Å². The average Bonchev–Trinajstić information content (AvgIpc) is 2.32. The van der Waals surface area contributed by atoms with Gasteiger partial charge in [-0.1, -0.05) is 29.8 Å². The lowest BCUT2D eigenvalue weighted by Gasteiger charge is -2.28. The molecular formula is C13H20BrFN2O. The minimum Gasteiger partial charge on any atom is -0.380 e. The van der Waals surface area contributed by atoms with Crippen molar-refractivity contribution >= 4 is 15.9 Å². The van der Waals surface area contributed by atoms with Crippen LogP contribution in [-0.2, 0) is 11.2 Å². The van der Waals surface area contributed by atoms with E-state index in [4.69, 9.17) is 10.6 Å². The van der Waals surface area contributed by atoms with Gasteiger partial charge >= 0.3 is 0 Å². The van der Waals surface area contributed by atoms with Crippen LogP contribution in [0.1, 0.15) is 19.4 Å². The van der Waals surface area contributed by atoms with Crippen molar-refractivity contribution < 1.29 is 9.13 Å². The maximum absolute atomic E-state index is 13.2. The number of ether oxygens (including phenoxy) is 1. The Labute approximate surface area is 116 Å². The van der Waals surface area contributed by atoms with Crippen LogP contribution >= 0.6 is 15.9 Å². The summed E-state index contributed by atoms with van der Waals surface area (Å²) >= 11 is 3.42. The number of hydrogen-bond acceptors (Lipinski definition) is 3. The molecule has 1 rings (SSSR count). The summed E-state index contributed by atoms with van der Waals surface area (Å²) in [6.07, 6.45) is 0.580. The Hall–Kier alpha value is -0.490. The molecule has 0 heterocycles. The predicted octanol–water partition coefficient (Wildman–Crippen LogP) is 2.63. The summed E-state index contributed by atoms with van der Waals surface area (Å²) in [4.78, 5) is 0. The standard InChI is InChI=1S/C13H20BrFN2O/c1-8(2)13(18-3)12(17-16)7-9-6-10(15)4-5-11(9)14/h4-6,8,12-13,17H,7,16H2,1-3H3. The molecule has 0 aromatic heterocycles. The van der Waals surface area contributed by atoms with E-state index in [1.165, 1.54) is 12.1 Å². The van der Waals surface area contributed by atoms with Gasteiger partial charge in [-0.15, -0.1) is 0 Å². The van der Waals surface area contributed by atoms with Gasteiger partial charge in [-0.25, -0.2) is 4.39 Å². The molecule has 1 aromatic carbocycles. The van der Waals surface area contributed by atoms with Gasteiger partial charge in [-0.05, 0) is 36.1 Å². The Morgan fingerprint density at radius 1 is 1.44 bits per heavy atom. The van der Waals surface area contributed by atoms with Crippen LogP contribution in [0.15, 0.2) is 22.7 Å². The highest BCUT2D eigenvalue weighted by molar-refractivity contribution is 9.10. The fourth-order valence-corrected chi connectivity index (χ4v) is 2.52. The molecule has 0 saturated carbocycles. The molecule has 2 unspecified atom stereocenters. The molecule has 0 aliphatic rings. The highest BCUT2D eigenvalue weighted by Crippen LogP contribution is 2.22. The quantitative estimate of drug-likeness (QED) is 0.626. The van der Waals surface area contributed by atoms with E-state index < -0.39 is 0 Å². The smallest absolute Gasteiger partial charge is 0.123 e. The van der Waals surface area contributed by atoms with Gasteiger partial charge in [0.1, 0.15) is 5.82 Å². The highest BCUT2D eigenvalue weighted by Gasteiger charge is 2.24. The molecule has 18 heavy (non-hydrogen) atoms. The molecule has 5 heteroatoms. The van der Waals surface area contributed by atoms with Crippen molar-refractivity contribution in [1.82, 2.24) is 5.43 Å². The topological polar surface area (TPSA) is 47.3 Å². The Bertz CT molecular complexity index is 387. The third-order valence-electron chi connectivity index (χ3n) is 2.99. The highest BCUT2D eigenvalue weighted by atomic mass is 79.9. The first-order valence-corrected chi connectivity index (χ1v) is 6.71. The second-order valence-corrected chi connectivity index (χ2v) is 5.51. The van der Waals surface area contributed by atoms with Gasteiger partial charge in [0, 0.05) is 11.6 Å². The zero-order valence-corrected chi connectivity index (χ0v) is 12.5. The molecule has 1 aromatic rings. The number of benzene rings is 1. The molecule has 0 aliphatic carbocycles. The first-order chi connectivity index (χ1) is 8.49. The number of hydrogen-bond donors (Lipinski definition) is 2. The van der Waals surface area contributed by atoms with Gasteiger partial charge in [-0.3, -0.25) is 11.3 Å². The van der Waals surface area contributed by atoms with Crippen LogP contribution in [0.5, 0.6) is 0 Å². The maximum atomic E-state index is 13.2. The zero-order chi connectivity index (χ0) is 13.7. The van der Waals surface area contributed by atoms with Crippen LogP contribution in [0.2, 0.25) is 0 Å². The molecule has 0 spiro atoms. The van der Waals surface area contributed by atoms with Crippen molar-refractivity contribution in [3.05, 3.63) is 34.1 Å². The normalized spacial score (nSPS) is 14.8. The van der Waals surface area contributed by atoms with Crippen molar-refractivity contribution in [3.63, 3.8) is 0 Å². The van der Waals surface area contributed by atoms with E-state index in [0.717, 1.165) is 10.0 Å². The molecule has 3 N–H and O–H groups in total. The number of nitrogens with two attached hydrogens (primary N) is 1. The summed E-state index contributed by atoms with van der Waals surface area (Å²) in [5.41, 5.74) is 3.64. The molecule has 102 valence electrons. The monoisotopic (exact) mass is 318 g/mol. The molecule has 0 amide bonds. The minimum atomic E-state index is -0.248. The van der Waals surface area contributed by atoms with E-state index in [1.807, 2.05) is 0 Å². The van der Waals surface area contributed by atoms with Crippen LogP contribution in [-0.4, -0.2) is 19.3 Å². The van der Waals surface area contributed by atoms with Crippen molar-refractivity contribution in [2.45, 2.75) is 32.4 Å². The van der Waals surface area contributed by atoms with Gasteiger partial charge < -0.3 is 4.74 Å². The van der Waals surface area contributed by atoms with Crippen LogP contribution in [0, 0.1) is 11.7 Å². The molecule has 0 aliphatic heterocycles. The minimum absolute atomic E-state index is 0.0230. The third kappa shape index (κ3) is 4.02. The van der Waals surface area contributed by atoms with Gasteiger partial charge in [0.05, 0.1) is 12.1 Å². The lowest BCUT2D eigenvalue weighted by atomic mass is 9.94.